The molecule has 0 N–H and O–H groups in total. The van der Waals surface area contributed by atoms with Gasteiger partial charge in [-0.3, -0.25) is 9.59 Å². The van der Waals surface area contributed by atoms with Crippen LogP contribution in [-0.4, -0.2) is 47.9 Å². The lowest BCUT2D eigenvalue weighted by atomic mass is 9.97. The van der Waals surface area contributed by atoms with Crippen LogP contribution in [0.3, 0.4) is 0 Å². The molecule has 0 unspecified atom stereocenters. The van der Waals surface area contributed by atoms with Gasteiger partial charge in [0, 0.05) is 6.04 Å². The Morgan fingerprint density at radius 1 is 1.06 bits per heavy atom. The molecule has 1 saturated carbocycles. The Morgan fingerprint density at radius 2 is 1.84 bits per heavy atom. The molecule has 2 fully saturated rings. The second-order valence-corrected chi connectivity index (χ2v) is 8.46. The number of ether oxygens (including phenoxy) is 2. The van der Waals surface area contributed by atoms with E-state index in [4.69, 9.17) is 13.9 Å². The number of rotatable bonds is 7. The summed E-state index contributed by atoms with van der Waals surface area (Å²) < 4.78 is 16.7. The lowest BCUT2D eigenvalue weighted by Crippen LogP contribution is -2.57. The molecule has 1 aliphatic heterocycles. The highest BCUT2D eigenvalue weighted by molar-refractivity contribution is 5.95. The van der Waals surface area contributed by atoms with Crippen molar-refractivity contribution in [2.75, 3.05) is 20.3 Å². The zero-order chi connectivity index (χ0) is 22.5. The summed E-state index contributed by atoms with van der Waals surface area (Å²) in [5.74, 6) is 1.72. The molecule has 2 amide bonds. The van der Waals surface area contributed by atoms with Gasteiger partial charge in [-0.1, -0.05) is 31.7 Å². The molecule has 0 bridgehead atoms. The SMILES string of the molecule is CCOc1ccc([C@@H]2C(=O)N(C3CCCCCC3)CC(=O)N2Cc2ccco2)cc1OC. The Bertz CT molecular complexity index is 918. The average Bonchev–Trinajstić information content (AvgIpc) is 3.16. The average molecular weight is 441 g/mol. The van der Waals surface area contributed by atoms with Crippen LogP contribution < -0.4 is 9.47 Å². The first-order chi connectivity index (χ1) is 15.6. The fourth-order valence-electron chi connectivity index (χ4n) is 4.83. The predicted molar refractivity (Wildman–Crippen MR) is 119 cm³/mol. The number of piperazine rings is 1. The molecule has 7 heteroatoms. The molecule has 1 aliphatic carbocycles. The van der Waals surface area contributed by atoms with Crippen LogP contribution >= 0.6 is 0 Å². The molecule has 4 rings (SSSR count). The van der Waals surface area contributed by atoms with Crippen molar-refractivity contribution in [3.8, 4) is 11.5 Å². The molecule has 1 aromatic heterocycles. The Morgan fingerprint density at radius 3 is 2.50 bits per heavy atom. The zero-order valence-electron chi connectivity index (χ0n) is 18.9. The molecule has 0 radical (unpaired) electrons. The Balaban J connectivity index is 1.70. The van der Waals surface area contributed by atoms with Gasteiger partial charge in [0.05, 0.1) is 26.5 Å². The zero-order valence-corrected chi connectivity index (χ0v) is 18.9. The van der Waals surface area contributed by atoms with E-state index >= 15 is 0 Å². The number of hydrogen-bond acceptors (Lipinski definition) is 5. The number of furan rings is 1. The summed E-state index contributed by atoms with van der Waals surface area (Å²) in [4.78, 5) is 30.7. The van der Waals surface area contributed by atoms with E-state index in [0.29, 0.717) is 29.4 Å². The monoisotopic (exact) mass is 440 g/mol. The number of amides is 2. The van der Waals surface area contributed by atoms with Gasteiger partial charge in [-0.2, -0.15) is 0 Å². The van der Waals surface area contributed by atoms with Crippen molar-refractivity contribution in [1.82, 2.24) is 9.80 Å². The summed E-state index contributed by atoms with van der Waals surface area (Å²) >= 11 is 0. The minimum absolute atomic E-state index is 0.0331. The molecular formula is C25H32N2O5. The van der Waals surface area contributed by atoms with Crippen molar-refractivity contribution < 1.29 is 23.5 Å². The topological polar surface area (TPSA) is 72.2 Å². The first-order valence-corrected chi connectivity index (χ1v) is 11.6. The van der Waals surface area contributed by atoms with Gasteiger partial charge >= 0.3 is 0 Å². The normalized spacial score (nSPS) is 20.4. The first kappa shape index (κ1) is 22.2. The summed E-state index contributed by atoms with van der Waals surface area (Å²) in [5.41, 5.74) is 0.716. The van der Waals surface area contributed by atoms with Crippen LogP contribution in [0.2, 0.25) is 0 Å². The van der Waals surface area contributed by atoms with E-state index < -0.39 is 6.04 Å². The van der Waals surface area contributed by atoms with Crippen LogP contribution in [0.1, 0.15) is 62.8 Å². The van der Waals surface area contributed by atoms with Crippen molar-refractivity contribution in [1.29, 1.82) is 0 Å². The number of nitrogens with zero attached hydrogens (tertiary/aromatic N) is 2. The van der Waals surface area contributed by atoms with E-state index in [1.54, 1.807) is 24.3 Å². The van der Waals surface area contributed by atoms with Crippen LogP contribution in [0.5, 0.6) is 11.5 Å². The lowest BCUT2D eigenvalue weighted by Gasteiger charge is -2.43. The molecule has 32 heavy (non-hydrogen) atoms. The standard InChI is InChI=1S/C25H32N2O5/c1-3-31-21-13-12-18(15-22(21)30-2)24-25(29)26(19-9-6-4-5-7-10-19)17-23(28)27(24)16-20-11-8-14-32-20/h8,11-15,19,24H,3-7,9-10,16-17H2,1-2H3/t24-/m1/s1. The summed E-state index contributed by atoms with van der Waals surface area (Å²) in [7, 11) is 1.58. The molecule has 1 aromatic carbocycles. The highest BCUT2D eigenvalue weighted by atomic mass is 16.5. The second-order valence-electron chi connectivity index (χ2n) is 8.46. The van der Waals surface area contributed by atoms with Gasteiger partial charge in [-0.05, 0) is 49.6 Å². The molecule has 7 nitrogen and oxygen atoms in total. The number of carbonyl (C=O) groups excluding carboxylic acids is 2. The molecular weight excluding hydrogens is 408 g/mol. The smallest absolute Gasteiger partial charge is 0.250 e. The molecule has 2 aromatic rings. The van der Waals surface area contributed by atoms with Gasteiger partial charge in [-0.25, -0.2) is 0 Å². The van der Waals surface area contributed by atoms with Crippen molar-refractivity contribution >= 4 is 11.8 Å². The summed E-state index contributed by atoms with van der Waals surface area (Å²) in [5, 5.41) is 0. The van der Waals surface area contributed by atoms with Crippen LogP contribution in [0.25, 0.3) is 0 Å². The van der Waals surface area contributed by atoms with E-state index in [1.165, 1.54) is 12.8 Å². The van der Waals surface area contributed by atoms with Crippen LogP contribution in [-0.2, 0) is 16.1 Å². The lowest BCUT2D eigenvalue weighted by molar-refractivity contribution is -0.159. The summed E-state index contributed by atoms with van der Waals surface area (Å²) in [6.45, 7) is 2.79. The van der Waals surface area contributed by atoms with Gasteiger partial charge in [-0.15, -0.1) is 0 Å². The Hall–Kier alpha value is -2.96. The van der Waals surface area contributed by atoms with E-state index in [0.717, 1.165) is 25.7 Å². The summed E-state index contributed by atoms with van der Waals surface area (Å²) in [6, 6.07) is 8.48. The minimum atomic E-state index is -0.728. The third-order valence-electron chi connectivity index (χ3n) is 6.43. The summed E-state index contributed by atoms with van der Waals surface area (Å²) in [6.07, 6.45) is 8.07. The molecule has 0 spiro atoms. The fourth-order valence-corrected chi connectivity index (χ4v) is 4.83. The van der Waals surface area contributed by atoms with Gasteiger partial charge in [0.1, 0.15) is 18.3 Å². The number of hydrogen-bond donors (Lipinski definition) is 0. The van der Waals surface area contributed by atoms with E-state index in [1.807, 2.05) is 36.1 Å². The third kappa shape index (κ3) is 4.61. The molecule has 2 aliphatic rings. The molecule has 1 saturated heterocycles. The van der Waals surface area contributed by atoms with E-state index in [-0.39, 0.29) is 30.9 Å². The van der Waals surface area contributed by atoms with Gasteiger partial charge < -0.3 is 23.7 Å². The maximum absolute atomic E-state index is 13.9. The number of methoxy groups -OCH3 is 1. The Kier molecular flexibility index (Phi) is 7.02. The van der Waals surface area contributed by atoms with Crippen molar-refractivity contribution in [2.24, 2.45) is 0 Å². The fraction of sp³-hybridized carbons (Fsp3) is 0.520. The van der Waals surface area contributed by atoms with Gasteiger partial charge in [0.2, 0.25) is 5.91 Å². The van der Waals surface area contributed by atoms with Crippen LogP contribution in [0, 0.1) is 0 Å². The van der Waals surface area contributed by atoms with Gasteiger partial charge in [0.15, 0.2) is 11.5 Å². The molecule has 2 heterocycles. The van der Waals surface area contributed by atoms with Crippen molar-refractivity contribution in [2.45, 2.75) is 64.1 Å². The molecule has 1 atom stereocenters. The third-order valence-corrected chi connectivity index (χ3v) is 6.43. The van der Waals surface area contributed by atoms with E-state index in [9.17, 15) is 9.59 Å². The maximum atomic E-state index is 13.9. The van der Waals surface area contributed by atoms with Crippen molar-refractivity contribution in [3.63, 3.8) is 0 Å². The van der Waals surface area contributed by atoms with Crippen molar-refractivity contribution in [3.05, 3.63) is 47.9 Å². The predicted octanol–water partition coefficient (Wildman–Crippen LogP) is 4.32. The number of carbonyl (C=O) groups is 2. The molecule has 172 valence electrons. The number of benzene rings is 1. The minimum Gasteiger partial charge on any atom is -0.493 e. The van der Waals surface area contributed by atoms with Gasteiger partial charge in [0.25, 0.3) is 5.91 Å². The highest BCUT2D eigenvalue weighted by Crippen LogP contribution is 2.37. The maximum Gasteiger partial charge on any atom is 0.250 e. The first-order valence-electron chi connectivity index (χ1n) is 11.6. The van der Waals surface area contributed by atoms with Crippen LogP contribution in [0.15, 0.2) is 41.0 Å². The second kappa shape index (κ2) is 10.1. The Labute approximate surface area is 189 Å². The quantitative estimate of drug-likeness (QED) is 0.600. The highest BCUT2D eigenvalue weighted by Gasteiger charge is 2.43. The van der Waals surface area contributed by atoms with E-state index in [2.05, 4.69) is 0 Å². The van der Waals surface area contributed by atoms with Crippen LogP contribution in [0.4, 0.5) is 0 Å². The largest absolute Gasteiger partial charge is 0.493 e.